The van der Waals surface area contributed by atoms with Gasteiger partial charge in [0, 0.05) is 20.2 Å². The summed E-state index contributed by atoms with van der Waals surface area (Å²) >= 11 is 12.1. The minimum Gasteiger partial charge on any atom is -0.389 e. The fourth-order valence-corrected chi connectivity index (χ4v) is 2.59. The Morgan fingerprint density at radius 2 is 1.84 bits per heavy atom. The van der Waals surface area contributed by atoms with Gasteiger partial charge in [-0.15, -0.1) is 0 Å². The Bertz CT molecular complexity index is 641. The maximum absolute atomic E-state index is 5.78. The highest BCUT2D eigenvalue weighted by molar-refractivity contribution is 9.11. The van der Waals surface area contributed by atoms with Crippen LogP contribution in [0, 0.1) is 6.92 Å². The minimum absolute atomic E-state index is 0.386. The van der Waals surface area contributed by atoms with E-state index in [4.69, 9.17) is 18.0 Å². The number of rotatable bonds is 3. The quantitative estimate of drug-likeness (QED) is 0.721. The summed E-state index contributed by atoms with van der Waals surface area (Å²) in [5, 5.41) is 3.35. The van der Waals surface area contributed by atoms with E-state index >= 15 is 0 Å². The molecule has 0 spiro atoms. The molecule has 0 bridgehead atoms. The van der Waals surface area contributed by atoms with Crippen LogP contribution < -0.4 is 11.1 Å². The number of hydrogen-bond acceptors (Lipinski definition) is 2. The molecule has 5 heteroatoms. The number of thiocarbonyl (C=S) groups is 1. The molecule has 2 nitrogen and oxygen atoms in total. The molecule has 0 heterocycles. The second-order valence-electron chi connectivity index (χ2n) is 4.16. The zero-order valence-electron chi connectivity index (χ0n) is 10.2. The van der Waals surface area contributed by atoms with Gasteiger partial charge in [-0.05, 0) is 53.2 Å². The molecule has 0 saturated heterocycles. The lowest BCUT2D eigenvalue weighted by molar-refractivity contribution is 1.43. The molecule has 0 amide bonds. The second kappa shape index (κ2) is 6.03. The standard InChI is InChI=1S/C14H12Br2N2S/c1-8-2-5-12(10(6-8)14(17)19)18-13-7-9(15)3-4-11(13)16/h2-7,18H,1H3,(H2,17,19). The summed E-state index contributed by atoms with van der Waals surface area (Å²) in [4.78, 5) is 0.386. The molecule has 0 radical (unpaired) electrons. The largest absolute Gasteiger partial charge is 0.389 e. The van der Waals surface area contributed by atoms with Gasteiger partial charge < -0.3 is 11.1 Å². The van der Waals surface area contributed by atoms with Crippen LogP contribution in [0.1, 0.15) is 11.1 Å². The van der Waals surface area contributed by atoms with Crippen LogP contribution in [-0.4, -0.2) is 4.99 Å². The van der Waals surface area contributed by atoms with Crippen LogP contribution in [-0.2, 0) is 0 Å². The summed E-state index contributed by atoms with van der Waals surface area (Å²) < 4.78 is 1.98. The molecular weight excluding hydrogens is 388 g/mol. The van der Waals surface area contributed by atoms with Gasteiger partial charge in [-0.1, -0.05) is 39.8 Å². The van der Waals surface area contributed by atoms with E-state index in [0.717, 1.165) is 31.4 Å². The fraction of sp³-hybridized carbons (Fsp3) is 0.0714. The SMILES string of the molecule is Cc1ccc(Nc2cc(Br)ccc2Br)c(C(N)=S)c1. The Hall–Kier alpha value is -0.910. The Balaban J connectivity index is 2.43. The van der Waals surface area contributed by atoms with Gasteiger partial charge in [0.2, 0.25) is 0 Å². The summed E-state index contributed by atoms with van der Waals surface area (Å²) in [7, 11) is 0. The number of anilines is 2. The molecule has 0 fully saturated rings. The van der Waals surface area contributed by atoms with E-state index in [0.29, 0.717) is 4.99 Å². The average Bonchev–Trinajstić information content (AvgIpc) is 2.35. The fourth-order valence-electron chi connectivity index (χ4n) is 1.71. The van der Waals surface area contributed by atoms with Crippen LogP contribution in [0.5, 0.6) is 0 Å². The first-order valence-corrected chi connectivity index (χ1v) is 7.59. The number of benzene rings is 2. The normalized spacial score (nSPS) is 10.3. The van der Waals surface area contributed by atoms with Crippen LogP contribution in [0.4, 0.5) is 11.4 Å². The number of aryl methyl sites for hydroxylation is 1. The van der Waals surface area contributed by atoms with Gasteiger partial charge in [0.25, 0.3) is 0 Å². The van der Waals surface area contributed by atoms with Crippen molar-refractivity contribution in [3.63, 3.8) is 0 Å². The zero-order chi connectivity index (χ0) is 14.0. The Morgan fingerprint density at radius 1 is 1.11 bits per heavy atom. The first kappa shape index (κ1) is 14.5. The molecule has 3 N–H and O–H groups in total. The minimum atomic E-state index is 0.386. The zero-order valence-corrected chi connectivity index (χ0v) is 14.2. The van der Waals surface area contributed by atoms with E-state index in [-0.39, 0.29) is 0 Å². The van der Waals surface area contributed by atoms with E-state index in [1.54, 1.807) is 0 Å². The molecule has 98 valence electrons. The third-order valence-electron chi connectivity index (χ3n) is 2.64. The highest BCUT2D eigenvalue weighted by Crippen LogP contribution is 2.30. The highest BCUT2D eigenvalue weighted by Gasteiger charge is 2.08. The van der Waals surface area contributed by atoms with E-state index in [9.17, 15) is 0 Å². The number of hydrogen-bond donors (Lipinski definition) is 2. The van der Waals surface area contributed by atoms with Crippen molar-refractivity contribution in [2.75, 3.05) is 5.32 Å². The molecule has 0 aliphatic heterocycles. The summed E-state index contributed by atoms with van der Waals surface area (Å²) in [6, 6.07) is 11.9. The summed E-state index contributed by atoms with van der Waals surface area (Å²) in [6.07, 6.45) is 0. The lowest BCUT2D eigenvalue weighted by atomic mass is 10.1. The summed E-state index contributed by atoms with van der Waals surface area (Å²) in [5.74, 6) is 0. The van der Waals surface area contributed by atoms with Crippen molar-refractivity contribution in [1.82, 2.24) is 0 Å². The smallest absolute Gasteiger partial charge is 0.106 e. The van der Waals surface area contributed by atoms with Crippen molar-refractivity contribution >= 4 is 60.4 Å². The highest BCUT2D eigenvalue weighted by atomic mass is 79.9. The Kier molecular flexibility index (Phi) is 4.60. The lowest BCUT2D eigenvalue weighted by Gasteiger charge is -2.13. The van der Waals surface area contributed by atoms with Crippen molar-refractivity contribution in [3.8, 4) is 0 Å². The molecule has 0 atom stereocenters. The third kappa shape index (κ3) is 3.55. The van der Waals surface area contributed by atoms with Gasteiger partial charge in [0.05, 0.1) is 5.69 Å². The lowest BCUT2D eigenvalue weighted by Crippen LogP contribution is -2.12. The van der Waals surface area contributed by atoms with Crippen LogP contribution in [0.25, 0.3) is 0 Å². The van der Waals surface area contributed by atoms with Gasteiger partial charge >= 0.3 is 0 Å². The summed E-state index contributed by atoms with van der Waals surface area (Å²) in [5.41, 5.74) is 9.61. The Labute approximate surface area is 134 Å². The first-order valence-electron chi connectivity index (χ1n) is 5.60. The van der Waals surface area contributed by atoms with Crippen molar-refractivity contribution < 1.29 is 0 Å². The van der Waals surface area contributed by atoms with E-state index in [2.05, 4.69) is 37.2 Å². The maximum atomic E-state index is 5.78. The maximum Gasteiger partial charge on any atom is 0.106 e. The number of halogens is 2. The molecule has 0 aliphatic carbocycles. The summed E-state index contributed by atoms with van der Waals surface area (Å²) in [6.45, 7) is 2.01. The first-order chi connectivity index (χ1) is 8.97. The molecule has 2 aromatic rings. The van der Waals surface area contributed by atoms with Gasteiger partial charge in [0.1, 0.15) is 4.99 Å². The van der Waals surface area contributed by atoms with E-state index < -0.39 is 0 Å². The average molecular weight is 400 g/mol. The van der Waals surface area contributed by atoms with Crippen LogP contribution in [0.15, 0.2) is 45.3 Å². The predicted octanol–water partition coefficient (Wildman–Crippen LogP) is 4.90. The predicted molar refractivity (Wildman–Crippen MR) is 92.2 cm³/mol. The van der Waals surface area contributed by atoms with Crippen molar-refractivity contribution in [2.45, 2.75) is 6.92 Å². The molecule has 0 aromatic heterocycles. The molecule has 2 rings (SSSR count). The van der Waals surface area contributed by atoms with Crippen LogP contribution >= 0.6 is 44.1 Å². The van der Waals surface area contributed by atoms with E-state index in [1.165, 1.54) is 0 Å². The monoisotopic (exact) mass is 398 g/mol. The molecular formula is C14H12Br2N2S. The topological polar surface area (TPSA) is 38.0 Å². The molecule has 19 heavy (non-hydrogen) atoms. The number of nitrogens with two attached hydrogens (primary N) is 1. The second-order valence-corrected chi connectivity index (χ2v) is 6.37. The molecule has 2 aromatic carbocycles. The number of nitrogens with one attached hydrogen (secondary N) is 1. The van der Waals surface area contributed by atoms with Gasteiger partial charge in [-0.25, -0.2) is 0 Å². The van der Waals surface area contributed by atoms with Crippen LogP contribution in [0.3, 0.4) is 0 Å². The van der Waals surface area contributed by atoms with Gasteiger partial charge in [-0.3, -0.25) is 0 Å². The molecule has 0 aliphatic rings. The van der Waals surface area contributed by atoms with Gasteiger partial charge in [0.15, 0.2) is 0 Å². The van der Waals surface area contributed by atoms with Crippen molar-refractivity contribution in [1.29, 1.82) is 0 Å². The van der Waals surface area contributed by atoms with Crippen molar-refractivity contribution in [3.05, 3.63) is 56.5 Å². The molecule has 0 unspecified atom stereocenters. The third-order valence-corrected chi connectivity index (χ3v) is 4.04. The Morgan fingerprint density at radius 3 is 2.53 bits per heavy atom. The van der Waals surface area contributed by atoms with E-state index in [1.807, 2.05) is 43.3 Å². The van der Waals surface area contributed by atoms with Gasteiger partial charge in [-0.2, -0.15) is 0 Å². The molecule has 0 saturated carbocycles. The van der Waals surface area contributed by atoms with Crippen molar-refractivity contribution in [2.24, 2.45) is 5.73 Å². The van der Waals surface area contributed by atoms with Crippen LogP contribution in [0.2, 0.25) is 0 Å².